The van der Waals surface area contributed by atoms with Crippen LogP contribution in [-0.4, -0.2) is 36.0 Å². The minimum Gasteiger partial charge on any atom is -0.469 e. The zero-order valence-electron chi connectivity index (χ0n) is 18.6. The molecule has 0 atom stereocenters. The van der Waals surface area contributed by atoms with Crippen LogP contribution in [0, 0.1) is 5.92 Å². The van der Waals surface area contributed by atoms with E-state index in [-0.39, 0.29) is 30.1 Å². The lowest BCUT2D eigenvalue weighted by atomic mass is 9.85. The number of carbonyl (C=O) groups excluding carboxylic acids is 2. The molecule has 0 radical (unpaired) electrons. The summed E-state index contributed by atoms with van der Waals surface area (Å²) in [5, 5.41) is 9.59. The summed E-state index contributed by atoms with van der Waals surface area (Å²) in [6.45, 7) is -0.147. The topological polar surface area (TPSA) is 79.2 Å². The maximum atomic E-state index is 13.1. The largest absolute Gasteiger partial charge is 0.469 e. The van der Waals surface area contributed by atoms with Gasteiger partial charge in [-0.1, -0.05) is 18.2 Å². The number of methoxy groups -OCH3 is 1. The van der Waals surface area contributed by atoms with E-state index in [2.05, 4.69) is 4.99 Å². The van der Waals surface area contributed by atoms with Crippen molar-refractivity contribution in [2.75, 3.05) is 12.0 Å². The number of aliphatic hydroxyl groups excluding tert-OH is 1. The molecule has 0 saturated heterocycles. The van der Waals surface area contributed by atoms with Gasteiger partial charge in [0.15, 0.2) is 0 Å². The first-order valence-corrected chi connectivity index (χ1v) is 11.1. The second kappa shape index (κ2) is 9.58. The number of aliphatic imine (C=N–C) groups is 1. The molecule has 2 aromatic rings. The van der Waals surface area contributed by atoms with Crippen LogP contribution in [0.3, 0.4) is 0 Å². The van der Waals surface area contributed by atoms with Crippen molar-refractivity contribution in [3.63, 3.8) is 0 Å². The first-order valence-electron chi connectivity index (χ1n) is 11.1. The van der Waals surface area contributed by atoms with Crippen molar-refractivity contribution in [2.24, 2.45) is 10.9 Å². The zero-order valence-corrected chi connectivity index (χ0v) is 18.6. The van der Waals surface area contributed by atoms with E-state index in [1.807, 2.05) is 17.0 Å². The number of alkyl halides is 3. The van der Waals surface area contributed by atoms with Crippen LogP contribution < -0.4 is 4.90 Å². The molecule has 1 aliphatic heterocycles. The molecule has 2 aliphatic rings. The predicted octanol–water partition coefficient (Wildman–Crippen LogP) is 4.53. The molecule has 1 amide bonds. The zero-order chi connectivity index (χ0) is 24.5. The van der Waals surface area contributed by atoms with Gasteiger partial charge in [-0.25, -0.2) is 0 Å². The monoisotopic (exact) mass is 474 g/mol. The fourth-order valence-electron chi connectivity index (χ4n) is 4.72. The number of amidine groups is 1. The van der Waals surface area contributed by atoms with E-state index in [4.69, 9.17) is 4.74 Å². The van der Waals surface area contributed by atoms with Crippen molar-refractivity contribution in [1.29, 1.82) is 0 Å². The summed E-state index contributed by atoms with van der Waals surface area (Å²) in [5.41, 5.74) is 1.41. The summed E-state index contributed by atoms with van der Waals surface area (Å²) >= 11 is 0. The fourth-order valence-corrected chi connectivity index (χ4v) is 4.72. The van der Waals surface area contributed by atoms with E-state index in [0.717, 1.165) is 23.4 Å². The average molecular weight is 474 g/mol. The number of nitrogens with zero attached hydrogens (tertiary/aromatic N) is 2. The number of rotatable bonds is 4. The number of carbonyl (C=O) groups is 2. The second-order valence-corrected chi connectivity index (χ2v) is 8.61. The highest BCUT2D eigenvalue weighted by Gasteiger charge is 2.37. The predicted molar refractivity (Wildman–Crippen MR) is 120 cm³/mol. The van der Waals surface area contributed by atoms with Crippen LogP contribution in [0.1, 0.15) is 52.7 Å². The minimum atomic E-state index is -4.56. The molecule has 6 nitrogen and oxygen atoms in total. The molecule has 0 bridgehead atoms. The number of hydrogen-bond donors (Lipinski definition) is 1. The first-order chi connectivity index (χ1) is 16.2. The molecule has 1 N–H and O–H groups in total. The van der Waals surface area contributed by atoms with Crippen molar-refractivity contribution in [1.82, 2.24) is 0 Å². The fraction of sp³-hybridized carbons (Fsp3) is 0.400. The lowest BCUT2D eigenvalue weighted by Gasteiger charge is -2.35. The summed E-state index contributed by atoms with van der Waals surface area (Å²) in [7, 11) is 1.37. The van der Waals surface area contributed by atoms with E-state index in [0.29, 0.717) is 43.5 Å². The Morgan fingerprint density at radius 2 is 1.85 bits per heavy atom. The Hall–Kier alpha value is -3.20. The van der Waals surface area contributed by atoms with Gasteiger partial charge in [-0.3, -0.25) is 9.59 Å². The summed E-state index contributed by atoms with van der Waals surface area (Å²) in [5.74, 6) is -0.714. The summed E-state index contributed by atoms with van der Waals surface area (Å²) in [6, 6.07) is 9.71. The Labute approximate surface area is 195 Å². The molecule has 1 saturated carbocycles. The Bertz CT molecular complexity index is 1120. The van der Waals surface area contributed by atoms with Gasteiger partial charge >= 0.3 is 12.1 Å². The lowest BCUT2D eigenvalue weighted by molar-refractivity contribution is -0.146. The van der Waals surface area contributed by atoms with Crippen molar-refractivity contribution in [3.8, 4) is 0 Å². The maximum Gasteiger partial charge on any atom is 0.416 e. The van der Waals surface area contributed by atoms with Crippen molar-refractivity contribution >= 4 is 23.4 Å². The van der Waals surface area contributed by atoms with Crippen LogP contribution >= 0.6 is 0 Å². The Kier molecular flexibility index (Phi) is 6.74. The molecule has 1 fully saturated rings. The number of benzene rings is 2. The van der Waals surface area contributed by atoms with Gasteiger partial charge in [0.25, 0.3) is 5.91 Å². The third-order valence-corrected chi connectivity index (χ3v) is 6.48. The summed E-state index contributed by atoms with van der Waals surface area (Å²) in [4.78, 5) is 31.0. The van der Waals surface area contributed by atoms with Crippen LogP contribution in [-0.2, 0) is 28.7 Å². The smallest absolute Gasteiger partial charge is 0.416 e. The molecule has 0 unspecified atom stereocenters. The highest BCUT2D eigenvalue weighted by molar-refractivity contribution is 6.12. The molecule has 9 heteroatoms. The van der Waals surface area contributed by atoms with E-state index >= 15 is 0 Å². The number of anilines is 1. The Morgan fingerprint density at radius 1 is 1.12 bits per heavy atom. The molecule has 0 spiro atoms. The summed E-state index contributed by atoms with van der Waals surface area (Å²) in [6.07, 6.45) is -1.63. The van der Waals surface area contributed by atoms with E-state index in [9.17, 15) is 27.9 Å². The van der Waals surface area contributed by atoms with Crippen molar-refractivity contribution < 1.29 is 32.6 Å². The number of amides is 1. The third kappa shape index (κ3) is 4.84. The molecule has 0 aromatic heterocycles. The number of halogens is 3. The normalized spacial score (nSPS) is 21.4. The molecular weight excluding hydrogens is 449 g/mol. The van der Waals surface area contributed by atoms with Crippen molar-refractivity contribution in [2.45, 2.75) is 50.9 Å². The van der Waals surface area contributed by atoms with Crippen LogP contribution in [0.2, 0.25) is 0 Å². The number of esters is 1. The van der Waals surface area contributed by atoms with Crippen LogP contribution in [0.25, 0.3) is 0 Å². The van der Waals surface area contributed by atoms with E-state index in [1.165, 1.54) is 19.2 Å². The molecule has 2 aromatic carbocycles. The average Bonchev–Trinajstić information content (AvgIpc) is 3.19. The van der Waals surface area contributed by atoms with Gasteiger partial charge in [0.1, 0.15) is 5.84 Å². The Morgan fingerprint density at radius 3 is 2.50 bits per heavy atom. The summed E-state index contributed by atoms with van der Waals surface area (Å²) < 4.78 is 44.2. The molecule has 4 rings (SSSR count). The van der Waals surface area contributed by atoms with Gasteiger partial charge < -0.3 is 14.7 Å². The number of aliphatic hydroxyl groups is 1. The second-order valence-electron chi connectivity index (χ2n) is 8.61. The maximum absolute atomic E-state index is 13.1. The van der Waals surface area contributed by atoms with Gasteiger partial charge in [-0.2, -0.15) is 18.2 Å². The molecule has 180 valence electrons. The highest BCUT2D eigenvalue weighted by Crippen LogP contribution is 2.38. The van der Waals surface area contributed by atoms with E-state index in [1.54, 1.807) is 6.07 Å². The molecular formula is C25H25F3N2O4. The minimum absolute atomic E-state index is 0.0378. The third-order valence-electron chi connectivity index (χ3n) is 6.48. The Balaban J connectivity index is 1.65. The van der Waals surface area contributed by atoms with Crippen LogP contribution in [0.15, 0.2) is 47.5 Å². The number of fused-ring (bicyclic) bond motifs is 1. The molecule has 1 heterocycles. The van der Waals surface area contributed by atoms with Crippen molar-refractivity contribution in [3.05, 3.63) is 64.7 Å². The van der Waals surface area contributed by atoms with Gasteiger partial charge in [0.05, 0.1) is 25.2 Å². The van der Waals surface area contributed by atoms with Gasteiger partial charge in [-0.15, -0.1) is 0 Å². The molecule has 34 heavy (non-hydrogen) atoms. The number of ether oxygens (including phenoxy) is 1. The SMILES string of the molecule is COC(=O)C1CCC(N2C(=NC(=O)c3cccc(C(F)(F)F)c3)Cc3ccc(CO)cc32)CC1. The highest BCUT2D eigenvalue weighted by atomic mass is 19.4. The number of hydrogen-bond acceptors (Lipinski definition) is 4. The quantitative estimate of drug-likeness (QED) is 0.659. The molecule has 1 aliphatic carbocycles. The van der Waals surface area contributed by atoms with Gasteiger partial charge in [0, 0.05) is 23.7 Å². The van der Waals surface area contributed by atoms with Crippen LogP contribution in [0.4, 0.5) is 18.9 Å². The van der Waals surface area contributed by atoms with Gasteiger partial charge in [-0.05, 0) is 61.1 Å². The van der Waals surface area contributed by atoms with Crippen LogP contribution in [0.5, 0.6) is 0 Å². The van der Waals surface area contributed by atoms with E-state index < -0.39 is 17.6 Å². The standard InChI is InChI=1S/C25H25F3N2O4/c1-34-24(33)16-7-9-20(10-8-16)30-21-11-15(14-31)5-6-17(21)13-22(30)29-23(32)18-3-2-4-19(12-18)25(26,27)28/h2-6,11-12,16,20,31H,7-10,13-14H2,1H3. The first kappa shape index (κ1) is 23.9. The lowest BCUT2D eigenvalue weighted by Crippen LogP contribution is -2.41. The van der Waals surface area contributed by atoms with Gasteiger partial charge in [0.2, 0.25) is 0 Å².